The van der Waals surface area contributed by atoms with Crippen molar-refractivity contribution in [3.05, 3.63) is 41.5 Å². The maximum absolute atomic E-state index is 12.1. The zero-order valence-electron chi connectivity index (χ0n) is 11.8. The summed E-state index contributed by atoms with van der Waals surface area (Å²) in [7, 11) is 0. The first-order valence-corrected chi connectivity index (χ1v) is 7.22. The van der Waals surface area contributed by atoms with Gasteiger partial charge in [-0.15, -0.1) is 0 Å². The van der Waals surface area contributed by atoms with Crippen LogP contribution in [0.15, 0.2) is 24.5 Å². The van der Waals surface area contributed by atoms with Gasteiger partial charge in [0.05, 0.1) is 12.8 Å². The van der Waals surface area contributed by atoms with Crippen molar-refractivity contribution in [3.63, 3.8) is 0 Å². The minimum Gasteiger partial charge on any atom is -0.492 e. The smallest absolute Gasteiger partial charge is 0.272 e. The van der Waals surface area contributed by atoms with Gasteiger partial charge >= 0.3 is 0 Å². The van der Waals surface area contributed by atoms with Crippen molar-refractivity contribution in [1.82, 2.24) is 20.5 Å². The molecule has 0 aromatic carbocycles. The van der Waals surface area contributed by atoms with E-state index in [9.17, 15) is 4.79 Å². The first-order valence-electron chi connectivity index (χ1n) is 7.22. The molecule has 0 fully saturated rings. The minimum absolute atomic E-state index is 0.101. The summed E-state index contributed by atoms with van der Waals surface area (Å²) in [4.78, 5) is 16.0. The van der Waals surface area contributed by atoms with Gasteiger partial charge in [-0.2, -0.15) is 5.10 Å². The van der Waals surface area contributed by atoms with Gasteiger partial charge in [-0.25, -0.2) is 0 Å². The summed E-state index contributed by atoms with van der Waals surface area (Å²) < 4.78 is 5.52. The van der Waals surface area contributed by atoms with E-state index >= 15 is 0 Å². The number of fused-ring (bicyclic) bond motifs is 1. The van der Waals surface area contributed by atoms with Gasteiger partial charge in [-0.05, 0) is 37.8 Å². The number of aryl methyl sites for hydroxylation is 1. The van der Waals surface area contributed by atoms with E-state index in [1.54, 1.807) is 12.4 Å². The van der Waals surface area contributed by atoms with Crippen LogP contribution in [0.4, 0.5) is 0 Å². The van der Waals surface area contributed by atoms with Crippen molar-refractivity contribution in [2.75, 3.05) is 13.2 Å². The van der Waals surface area contributed by atoms with Gasteiger partial charge in [-0.1, -0.05) is 0 Å². The number of aromatic amines is 1. The molecule has 2 N–H and O–H groups in total. The third-order valence-corrected chi connectivity index (χ3v) is 3.53. The van der Waals surface area contributed by atoms with E-state index in [1.165, 1.54) is 0 Å². The van der Waals surface area contributed by atoms with Crippen molar-refractivity contribution >= 4 is 5.91 Å². The Labute approximate surface area is 122 Å². The summed E-state index contributed by atoms with van der Waals surface area (Å²) in [6.45, 7) is 1.12. The minimum atomic E-state index is -0.101. The zero-order chi connectivity index (χ0) is 14.5. The number of amides is 1. The fourth-order valence-corrected chi connectivity index (χ4v) is 2.49. The summed E-state index contributed by atoms with van der Waals surface area (Å²) in [5, 5.41) is 9.94. The number of pyridine rings is 1. The summed E-state index contributed by atoms with van der Waals surface area (Å²) >= 11 is 0. The molecule has 2 heterocycles. The largest absolute Gasteiger partial charge is 0.492 e. The van der Waals surface area contributed by atoms with E-state index in [1.807, 2.05) is 12.1 Å². The molecule has 6 heteroatoms. The molecule has 2 aromatic heterocycles. The molecular weight excluding hydrogens is 268 g/mol. The summed E-state index contributed by atoms with van der Waals surface area (Å²) in [6, 6.07) is 3.69. The Bertz CT molecular complexity index is 609. The first-order chi connectivity index (χ1) is 10.3. The second-order valence-electron chi connectivity index (χ2n) is 5.03. The van der Waals surface area contributed by atoms with E-state index in [2.05, 4.69) is 20.5 Å². The van der Waals surface area contributed by atoms with Crippen LogP contribution in [-0.2, 0) is 12.8 Å². The SMILES string of the molecule is O=C(NCCCOc1cccnc1)c1n[nH]c2c1CCC2. The number of aromatic nitrogens is 3. The Kier molecular flexibility index (Phi) is 4.14. The molecule has 3 rings (SSSR count). The molecule has 2 aromatic rings. The molecule has 21 heavy (non-hydrogen) atoms. The molecule has 0 bridgehead atoms. The fraction of sp³-hybridized carbons (Fsp3) is 0.400. The van der Waals surface area contributed by atoms with Crippen LogP contribution in [0.3, 0.4) is 0 Å². The quantitative estimate of drug-likeness (QED) is 0.789. The Morgan fingerprint density at radius 1 is 1.43 bits per heavy atom. The van der Waals surface area contributed by atoms with Crippen molar-refractivity contribution in [2.24, 2.45) is 0 Å². The zero-order valence-corrected chi connectivity index (χ0v) is 11.8. The predicted molar refractivity (Wildman–Crippen MR) is 77.3 cm³/mol. The molecule has 0 saturated heterocycles. The number of rotatable bonds is 6. The van der Waals surface area contributed by atoms with Gasteiger partial charge in [0.15, 0.2) is 5.69 Å². The molecule has 0 atom stereocenters. The van der Waals surface area contributed by atoms with Gasteiger partial charge in [0.2, 0.25) is 0 Å². The topological polar surface area (TPSA) is 79.9 Å². The summed E-state index contributed by atoms with van der Waals surface area (Å²) in [5.41, 5.74) is 2.75. The third-order valence-electron chi connectivity index (χ3n) is 3.53. The maximum atomic E-state index is 12.1. The number of carbonyl (C=O) groups is 1. The number of nitrogens with one attached hydrogen (secondary N) is 2. The lowest BCUT2D eigenvalue weighted by Gasteiger charge is -2.06. The van der Waals surface area contributed by atoms with Crippen LogP contribution in [0.25, 0.3) is 0 Å². The van der Waals surface area contributed by atoms with Crippen molar-refractivity contribution < 1.29 is 9.53 Å². The Hall–Kier alpha value is -2.37. The van der Waals surface area contributed by atoms with Crippen molar-refractivity contribution in [2.45, 2.75) is 25.7 Å². The molecule has 1 aliphatic carbocycles. The number of carbonyl (C=O) groups excluding carboxylic acids is 1. The van der Waals surface area contributed by atoms with Gasteiger partial charge in [-0.3, -0.25) is 14.9 Å². The van der Waals surface area contributed by atoms with Crippen LogP contribution in [-0.4, -0.2) is 34.2 Å². The molecule has 0 radical (unpaired) electrons. The van der Waals surface area contributed by atoms with Crippen LogP contribution in [0.5, 0.6) is 5.75 Å². The molecule has 0 aliphatic heterocycles. The second kappa shape index (κ2) is 6.39. The van der Waals surface area contributed by atoms with Crippen molar-refractivity contribution in [3.8, 4) is 5.75 Å². The van der Waals surface area contributed by atoms with E-state index in [-0.39, 0.29) is 5.91 Å². The monoisotopic (exact) mass is 286 g/mol. The fourth-order valence-electron chi connectivity index (χ4n) is 2.49. The van der Waals surface area contributed by atoms with E-state index < -0.39 is 0 Å². The highest BCUT2D eigenvalue weighted by Gasteiger charge is 2.22. The molecule has 1 aliphatic rings. The summed E-state index contributed by atoms with van der Waals surface area (Å²) in [6.07, 6.45) is 7.16. The average molecular weight is 286 g/mol. The number of hydrogen-bond donors (Lipinski definition) is 2. The first kappa shape index (κ1) is 13.6. The highest BCUT2D eigenvalue weighted by Crippen LogP contribution is 2.22. The summed E-state index contributed by atoms with van der Waals surface area (Å²) in [5.74, 6) is 0.643. The molecular formula is C15H18N4O2. The third kappa shape index (κ3) is 3.21. The Morgan fingerprint density at radius 2 is 2.38 bits per heavy atom. The maximum Gasteiger partial charge on any atom is 0.272 e. The van der Waals surface area contributed by atoms with Gasteiger partial charge < -0.3 is 10.1 Å². The van der Waals surface area contributed by atoms with Gasteiger partial charge in [0, 0.05) is 24.0 Å². The highest BCUT2D eigenvalue weighted by molar-refractivity contribution is 5.94. The van der Waals surface area contributed by atoms with E-state index in [4.69, 9.17) is 4.74 Å². The number of nitrogens with zero attached hydrogens (tertiary/aromatic N) is 2. The molecule has 6 nitrogen and oxygen atoms in total. The molecule has 0 unspecified atom stereocenters. The highest BCUT2D eigenvalue weighted by atomic mass is 16.5. The van der Waals surface area contributed by atoms with Crippen LogP contribution >= 0.6 is 0 Å². The lowest BCUT2D eigenvalue weighted by atomic mass is 10.2. The molecule has 0 saturated carbocycles. The van der Waals surface area contributed by atoms with Crippen LogP contribution in [0.2, 0.25) is 0 Å². The van der Waals surface area contributed by atoms with E-state index in [0.717, 1.165) is 42.7 Å². The van der Waals surface area contributed by atoms with Gasteiger partial charge in [0.25, 0.3) is 5.91 Å². The van der Waals surface area contributed by atoms with Crippen LogP contribution in [0.1, 0.15) is 34.6 Å². The molecule has 0 spiro atoms. The van der Waals surface area contributed by atoms with E-state index in [0.29, 0.717) is 18.8 Å². The Balaban J connectivity index is 1.40. The Morgan fingerprint density at radius 3 is 3.24 bits per heavy atom. The molecule has 1 amide bonds. The number of hydrogen-bond acceptors (Lipinski definition) is 4. The van der Waals surface area contributed by atoms with Crippen molar-refractivity contribution in [1.29, 1.82) is 0 Å². The number of ether oxygens (including phenoxy) is 1. The normalized spacial score (nSPS) is 13.0. The number of H-pyrrole nitrogens is 1. The second-order valence-corrected chi connectivity index (χ2v) is 5.03. The van der Waals surface area contributed by atoms with Gasteiger partial charge in [0.1, 0.15) is 5.75 Å². The standard InChI is InChI=1S/C15H18N4O2/c20-15(14-12-5-1-6-13(12)18-19-14)17-8-3-9-21-11-4-2-7-16-10-11/h2,4,7,10H,1,3,5-6,8-9H2,(H,17,20)(H,18,19). The molecule has 110 valence electrons. The predicted octanol–water partition coefficient (Wildman–Crippen LogP) is 1.49. The lowest BCUT2D eigenvalue weighted by Crippen LogP contribution is -2.26. The van der Waals surface area contributed by atoms with Crippen LogP contribution < -0.4 is 10.1 Å². The van der Waals surface area contributed by atoms with Crippen LogP contribution in [0, 0.1) is 0 Å². The lowest BCUT2D eigenvalue weighted by molar-refractivity contribution is 0.0945. The average Bonchev–Trinajstić information content (AvgIpc) is 3.10.